The number of nitrogens with one attached hydrogen (secondary N) is 2. The molecule has 2 unspecified atom stereocenters. The Morgan fingerprint density at radius 1 is 1.29 bits per heavy atom. The molecule has 2 atom stereocenters. The number of nitrogens with zero attached hydrogens (tertiary/aromatic N) is 5. The van der Waals surface area contributed by atoms with E-state index in [4.69, 9.17) is 4.84 Å². The highest BCUT2D eigenvalue weighted by Gasteiger charge is 2.25. The number of rotatable bonds is 5. The molecule has 0 amide bonds. The topological polar surface area (TPSA) is 110 Å². The molecule has 0 aliphatic carbocycles. The molecule has 0 saturated heterocycles. The maximum absolute atomic E-state index is 11.5. The normalized spacial score (nSPS) is 17.2. The van der Waals surface area contributed by atoms with E-state index in [2.05, 4.69) is 36.9 Å². The van der Waals surface area contributed by atoms with Crippen LogP contribution in [-0.4, -0.2) is 36.0 Å². The minimum absolute atomic E-state index is 0.0251. The average molecular weight is 397 g/mol. The van der Waals surface area contributed by atoms with Crippen LogP contribution in [0.1, 0.15) is 24.3 Å². The molecule has 0 saturated carbocycles. The van der Waals surface area contributed by atoms with Crippen LogP contribution in [0.3, 0.4) is 0 Å². The molecule has 28 heavy (non-hydrogen) atoms. The van der Waals surface area contributed by atoms with Gasteiger partial charge in [0.25, 0.3) is 5.56 Å². The lowest BCUT2D eigenvalue weighted by Gasteiger charge is -2.10. The monoisotopic (exact) mass is 397 g/mol. The number of hydrogen-bond donors (Lipinski definition) is 2. The van der Waals surface area contributed by atoms with Crippen molar-refractivity contribution >= 4 is 17.6 Å². The third kappa shape index (κ3) is 3.69. The molecule has 2 aromatic heterocycles. The highest BCUT2D eigenvalue weighted by Crippen LogP contribution is 2.29. The zero-order valence-electron chi connectivity index (χ0n) is 15.6. The zero-order valence-corrected chi connectivity index (χ0v) is 16.4. The number of aliphatic imine (C=N–C) groups is 1. The number of hydrogen-bond acceptors (Lipinski definition) is 8. The highest BCUT2D eigenvalue weighted by molar-refractivity contribution is 8.00. The summed E-state index contributed by atoms with van der Waals surface area (Å²) in [4.78, 5) is 21.8. The lowest BCUT2D eigenvalue weighted by atomic mass is 10.1. The van der Waals surface area contributed by atoms with Gasteiger partial charge >= 0.3 is 0 Å². The van der Waals surface area contributed by atoms with Gasteiger partial charge in [-0.1, -0.05) is 41.6 Å². The number of aromatic amines is 1. The summed E-state index contributed by atoms with van der Waals surface area (Å²) in [5, 5.41) is 15.3. The van der Waals surface area contributed by atoms with Gasteiger partial charge in [-0.25, -0.2) is 20.4 Å². The number of amidine groups is 1. The van der Waals surface area contributed by atoms with Gasteiger partial charge in [-0.2, -0.15) is 5.10 Å². The lowest BCUT2D eigenvalue weighted by Crippen LogP contribution is -2.26. The van der Waals surface area contributed by atoms with Crippen LogP contribution in [0, 0.1) is 6.92 Å². The van der Waals surface area contributed by atoms with Crippen LogP contribution in [0.5, 0.6) is 0 Å². The van der Waals surface area contributed by atoms with E-state index in [1.54, 1.807) is 6.20 Å². The molecule has 0 fully saturated rings. The predicted molar refractivity (Wildman–Crippen MR) is 106 cm³/mol. The Balaban J connectivity index is 1.51. The van der Waals surface area contributed by atoms with Gasteiger partial charge in [-0.3, -0.25) is 4.79 Å². The Morgan fingerprint density at radius 2 is 2.14 bits per heavy atom. The van der Waals surface area contributed by atoms with E-state index in [-0.39, 0.29) is 17.0 Å². The SMILES string of the molecule is Cc1cccc(C2N=C(C(C)Sc3nnc(-c4cn[nH]c(=O)c4)n3C)NO2)c1. The van der Waals surface area contributed by atoms with Crippen molar-refractivity contribution in [1.29, 1.82) is 0 Å². The van der Waals surface area contributed by atoms with Gasteiger partial charge in [0.1, 0.15) is 5.84 Å². The van der Waals surface area contributed by atoms with Crippen molar-refractivity contribution in [3.05, 3.63) is 58.0 Å². The van der Waals surface area contributed by atoms with E-state index in [1.807, 2.05) is 43.7 Å². The van der Waals surface area contributed by atoms with Crippen molar-refractivity contribution in [3.8, 4) is 11.4 Å². The Bertz CT molecular complexity index is 1090. The number of thioether (sulfide) groups is 1. The number of hydroxylamine groups is 1. The van der Waals surface area contributed by atoms with Crippen molar-refractivity contribution in [2.75, 3.05) is 0 Å². The van der Waals surface area contributed by atoms with E-state index in [0.717, 1.165) is 17.0 Å². The van der Waals surface area contributed by atoms with E-state index < -0.39 is 0 Å². The van der Waals surface area contributed by atoms with Gasteiger partial charge in [0.2, 0.25) is 6.23 Å². The summed E-state index contributed by atoms with van der Waals surface area (Å²) in [5.41, 5.74) is 5.41. The maximum Gasteiger partial charge on any atom is 0.264 e. The summed E-state index contributed by atoms with van der Waals surface area (Å²) < 4.78 is 1.83. The van der Waals surface area contributed by atoms with Gasteiger partial charge in [0.05, 0.1) is 11.4 Å². The number of benzene rings is 1. The fourth-order valence-corrected chi connectivity index (χ4v) is 3.70. The minimum atomic E-state index is -0.366. The first-order chi connectivity index (χ1) is 13.5. The van der Waals surface area contributed by atoms with Gasteiger partial charge < -0.3 is 4.57 Å². The molecule has 10 heteroatoms. The largest absolute Gasteiger partial charge is 0.305 e. The van der Waals surface area contributed by atoms with Crippen LogP contribution in [0.4, 0.5) is 0 Å². The van der Waals surface area contributed by atoms with Crippen molar-refractivity contribution in [2.45, 2.75) is 30.5 Å². The molecular weight excluding hydrogens is 378 g/mol. The Hall–Kier alpha value is -2.98. The number of aryl methyl sites for hydroxylation is 1. The van der Waals surface area contributed by atoms with Crippen molar-refractivity contribution in [2.24, 2.45) is 12.0 Å². The first kappa shape index (κ1) is 18.4. The fraction of sp³-hybridized carbons (Fsp3) is 0.278. The number of H-pyrrole nitrogens is 1. The summed E-state index contributed by atoms with van der Waals surface area (Å²) >= 11 is 1.50. The first-order valence-corrected chi connectivity index (χ1v) is 9.56. The molecule has 1 aliphatic rings. The minimum Gasteiger partial charge on any atom is -0.305 e. The van der Waals surface area contributed by atoms with Crippen LogP contribution in [0.2, 0.25) is 0 Å². The molecule has 0 bridgehead atoms. The number of aromatic nitrogens is 5. The summed E-state index contributed by atoms with van der Waals surface area (Å²) in [6, 6.07) is 9.52. The summed E-state index contributed by atoms with van der Waals surface area (Å²) in [7, 11) is 1.85. The Kier molecular flexibility index (Phi) is 4.97. The van der Waals surface area contributed by atoms with Crippen molar-refractivity contribution < 1.29 is 4.84 Å². The Morgan fingerprint density at radius 3 is 2.93 bits per heavy atom. The predicted octanol–water partition coefficient (Wildman–Crippen LogP) is 1.99. The molecule has 4 rings (SSSR count). The van der Waals surface area contributed by atoms with Crippen LogP contribution >= 0.6 is 11.8 Å². The molecule has 0 radical (unpaired) electrons. The molecule has 0 spiro atoms. The highest BCUT2D eigenvalue weighted by atomic mass is 32.2. The maximum atomic E-state index is 11.5. The van der Waals surface area contributed by atoms with Crippen LogP contribution in [0.15, 0.2) is 51.5 Å². The second-order valence-electron chi connectivity index (χ2n) is 6.46. The average Bonchev–Trinajstić information content (AvgIpc) is 3.30. The smallest absolute Gasteiger partial charge is 0.264 e. The quantitative estimate of drug-likeness (QED) is 0.634. The van der Waals surface area contributed by atoms with Gasteiger partial charge in [0.15, 0.2) is 11.0 Å². The fourth-order valence-electron chi connectivity index (χ4n) is 2.83. The lowest BCUT2D eigenvalue weighted by molar-refractivity contribution is 0.0371. The van der Waals surface area contributed by atoms with E-state index in [9.17, 15) is 4.79 Å². The molecule has 3 heterocycles. The van der Waals surface area contributed by atoms with Crippen LogP contribution in [0.25, 0.3) is 11.4 Å². The molecule has 2 N–H and O–H groups in total. The van der Waals surface area contributed by atoms with Gasteiger partial charge in [-0.05, 0) is 13.8 Å². The van der Waals surface area contributed by atoms with E-state index >= 15 is 0 Å². The molecule has 9 nitrogen and oxygen atoms in total. The third-order valence-electron chi connectivity index (χ3n) is 4.28. The molecule has 3 aromatic rings. The summed E-state index contributed by atoms with van der Waals surface area (Å²) in [6.45, 7) is 4.05. The Labute approximate surface area is 165 Å². The van der Waals surface area contributed by atoms with Crippen LogP contribution < -0.4 is 11.0 Å². The van der Waals surface area contributed by atoms with E-state index in [1.165, 1.54) is 17.8 Å². The van der Waals surface area contributed by atoms with Crippen LogP contribution in [-0.2, 0) is 11.9 Å². The molecule has 144 valence electrons. The molecular formula is C18H19N7O2S. The van der Waals surface area contributed by atoms with Gasteiger partial charge in [0, 0.05) is 24.2 Å². The zero-order chi connectivity index (χ0) is 19.7. The van der Waals surface area contributed by atoms with E-state index in [0.29, 0.717) is 16.5 Å². The third-order valence-corrected chi connectivity index (χ3v) is 5.43. The second kappa shape index (κ2) is 7.56. The molecule has 1 aromatic carbocycles. The van der Waals surface area contributed by atoms with Crippen molar-refractivity contribution in [1.82, 2.24) is 30.4 Å². The standard InChI is InChI=1S/C18H19N7O2S/c1-10-5-4-6-12(7-10)17-20-15(24-27-17)11(2)28-18-23-22-16(25(18)3)13-8-14(26)21-19-9-13/h4-9,11,17H,1-3H3,(H,20,24)(H,21,26). The first-order valence-electron chi connectivity index (χ1n) is 8.68. The summed E-state index contributed by atoms with van der Waals surface area (Å²) in [5.74, 6) is 1.31. The second-order valence-corrected chi connectivity index (χ2v) is 7.77. The molecule has 1 aliphatic heterocycles. The van der Waals surface area contributed by atoms with Gasteiger partial charge in [-0.15, -0.1) is 10.2 Å². The van der Waals surface area contributed by atoms with Crippen molar-refractivity contribution in [3.63, 3.8) is 0 Å². The summed E-state index contributed by atoms with van der Waals surface area (Å²) in [6.07, 6.45) is 1.18.